The molecule has 0 saturated carbocycles. The van der Waals surface area contributed by atoms with Gasteiger partial charge in [0.15, 0.2) is 0 Å². The van der Waals surface area contributed by atoms with Crippen LogP contribution in [0.1, 0.15) is 12.0 Å². The highest BCUT2D eigenvalue weighted by Gasteiger charge is 2.26. The number of ether oxygens (including phenoxy) is 1. The number of halogens is 3. The lowest BCUT2D eigenvalue weighted by Gasteiger charge is -2.11. The molecule has 4 rings (SSSR count). The van der Waals surface area contributed by atoms with Gasteiger partial charge in [0.1, 0.15) is 23.5 Å². The van der Waals surface area contributed by atoms with Crippen molar-refractivity contribution in [2.75, 3.05) is 13.2 Å². The topological polar surface area (TPSA) is 83.2 Å². The molecule has 0 unspecified atom stereocenters. The highest BCUT2D eigenvalue weighted by atomic mass is 19.1. The Labute approximate surface area is 169 Å². The largest absolute Gasteiger partial charge is 0.449 e. The van der Waals surface area contributed by atoms with E-state index in [1.54, 1.807) is 0 Å². The van der Waals surface area contributed by atoms with E-state index in [0.717, 1.165) is 6.07 Å². The van der Waals surface area contributed by atoms with Gasteiger partial charge < -0.3 is 20.4 Å². The average molecular weight is 417 g/mol. The molecule has 9 heteroatoms. The Bertz CT molecular complexity index is 1110. The van der Waals surface area contributed by atoms with Gasteiger partial charge in [-0.2, -0.15) is 0 Å². The number of hydrogen-bond donors (Lipinski definition) is 3. The van der Waals surface area contributed by atoms with E-state index in [9.17, 15) is 22.8 Å². The van der Waals surface area contributed by atoms with Crippen molar-refractivity contribution in [3.63, 3.8) is 0 Å². The molecule has 3 N–H and O–H groups in total. The molecule has 0 bridgehead atoms. The lowest BCUT2D eigenvalue weighted by atomic mass is 10.0. The van der Waals surface area contributed by atoms with Crippen molar-refractivity contribution in [2.45, 2.75) is 18.9 Å². The first-order valence-corrected chi connectivity index (χ1v) is 9.39. The maximum absolute atomic E-state index is 14.3. The number of aromatic nitrogens is 1. The van der Waals surface area contributed by atoms with Crippen LogP contribution in [0.2, 0.25) is 0 Å². The summed E-state index contributed by atoms with van der Waals surface area (Å²) in [6.07, 6.45) is -0.124. The van der Waals surface area contributed by atoms with Crippen LogP contribution in [-0.2, 0) is 16.0 Å². The molecule has 1 aromatic heterocycles. The van der Waals surface area contributed by atoms with Gasteiger partial charge in [-0.15, -0.1) is 0 Å². The number of fused-ring (bicyclic) bond motifs is 1. The molecular formula is C21H18F3N3O3. The van der Waals surface area contributed by atoms with E-state index in [4.69, 9.17) is 4.74 Å². The van der Waals surface area contributed by atoms with Gasteiger partial charge >= 0.3 is 6.09 Å². The number of nitrogens with one attached hydrogen (secondary N) is 3. The SMILES string of the molecule is O=C(N[C@@H]1CCNC1=O)OCCc1c(-c2ccc(F)cc2)[nH]c2c(F)cc(F)cc12. The Morgan fingerprint density at radius 3 is 2.60 bits per heavy atom. The predicted octanol–water partition coefficient (Wildman–Crippen LogP) is 3.41. The minimum atomic E-state index is -0.759. The number of rotatable bonds is 5. The average Bonchev–Trinajstić information content (AvgIpc) is 3.26. The third-order valence-corrected chi connectivity index (χ3v) is 4.99. The number of aromatic amines is 1. The molecule has 1 atom stereocenters. The fourth-order valence-electron chi connectivity index (χ4n) is 3.56. The third kappa shape index (κ3) is 3.96. The molecule has 6 nitrogen and oxygen atoms in total. The molecule has 1 saturated heterocycles. The summed E-state index contributed by atoms with van der Waals surface area (Å²) in [6.45, 7) is 0.400. The first-order chi connectivity index (χ1) is 14.4. The molecule has 1 aliphatic heterocycles. The van der Waals surface area contributed by atoms with E-state index in [0.29, 0.717) is 35.2 Å². The van der Waals surface area contributed by atoms with Crippen LogP contribution in [0.4, 0.5) is 18.0 Å². The Hall–Kier alpha value is -3.49. The van der Waals surface area contributed by atoms with Gasteiger partial charge in [-0.3, -0.25) is 4.79 Å². The minimum absolute atomic E-state index is 0.0839. The summed E-state index contributed by atoms with van der Waals surface area (Å²) < 4.78 is 46.5. The number of hydrogen-bond acceptors (Lipinski definition) is 3. The van der Waals surface area contributed by atoms with Crippen LogP contribution in [0, 0.1) is 17.5 Å². The summed E-state index contributed by atoms with van der Waals surface area (Å²) in [7, 11) is 0. The molecule has 2 aromatic carbocycles. The Morgan fingerprint density at radius 1 is 1.13 bits per heavy atom. The summed E-state index contributed by atoms with van der Waals surface area (Å²) in [4.78, 5) is 26.4. The quantitative estimate of drug-likeness (QED) is 0.595. The zero-order chi connectivity index (χ0) is 21.3. The fourth-order valence-corrected chi connectivity index (χ4v) is 3.56. The highest BCUT2D eigenvalue weighted by Crippen LogP contribution is 2.33. The zero-order valence-corrected chi connectivity index (χ0v) is 15.7. The van der Waals surface area contributed by atoms with Crippen molar-refractivity contribution in [1.29, 1.82) is 0 Å². The lowest BCUT2D eigenvalue weighted by molar-refractivity contribution is -0.120. The van der Waals surface area contributed by atoms with Crippen LogP contribution in [0.15, 0.2) is 36.4 Å². The molecule has 1 fully saturated rings. The Balaban J connectivity index is 1.57. The van der Waals surface area contributed by atoms with E-state index in [1.807, 2.05) is 0 Å². The van der Waals surface area contributed by atoms with Crippen molar-refractivity contribution in [1.82, 2.24) is 15.6 Å². The van der Waals surface area contributed by atoms with Gasteiger partial charge in [-0.05, 0) is 47.9 Å². The van der Waals surface area contributed by atoms with E-state index in [-0.39, 0.29) is 24.5 Å². The fraction of sp³-hybridized carbons (Fsp3) is 0.238. The van der Waals surface area contributed by atoms with Gasteiger partial charge in [0.05, 0.1) is 12.1 Å². The summed E-state index contributed by atoms with van der Waals surface area (Å²) >= 11 is 0. The number of carbonyl (C=O) groups is 2. The normalized spacial score (nSPS) is 16.0. The second kappa shape index (κ2) is 8.10. The number of carbonyl (C=O) groups excluding carboxylic acids is 2. The van der Waals surface area contributed by atoms with Gasteiger partial charge in [-0.25, -0.2) is 18.0 Å². The monoisotopic (exact) mass is 417 g/mol. The maximum Gasteiger partial charge on any atom is 0.407 e. The van der Waals surface area contributed by atoms with Gasteiger partial charge in [-0.1, -0.05) is 0 Å². The molecule has 1 aliphatic rings. The van der Waals surface area contributed by atoms with Crippen LogP contribution in [0.3, 0.4) is 0 Å². The molecule has 0 radical (unpaired) electrons. The van der Waals surface area contributed by atoms with E-state index in [1.165, 1.54) is 30.3 Å². The second-order valence-electron chi connectivity index (χ2n) is 6.96. The molecule has 2 amide bonds. The smallest absolute Gasteiger partial charge is 0.407 e. The highest BCUT2D eigenvalue weighted by molar-refractivity contribution is 5.91. The Kier molecular flexibility index (Phi) is 5.35. The summed E-state index contributed by atoms with van der Waals surface area (Å²) in [6, 6.07) is 6.89. The molecule has 30 heavy (non-hydrogen) atoms. The number of benzene rings is 2. The summed E-state index contributed by atoms with van der Waals surface area (Å²) in [5.74, 6) is -2.19. The molecule has 0 spiro atoms. The van der Waals surface area contributed by atoms with Crippen molar-refractivity contribution < 1.29 is 27.5 Å². The minimum Gasteiger partial charge on any atom is -0.449 e. The molecule has 3 aromatic rings. The van der Waals surface area contributed by atoms with Crippen molar-refractivity contribution in [2.24, 2.45) is 0 Å². The van der Waals surface area contributed by atoms with Crippen molar-refractivity contribution >= 4 is 22.9 Å². The third-order valence-electron chi connectivity index (χ3n) is 4.99. The van der Waals surface area contributed by atoms with Crippen LogP contribution >= 0.6 is 0 Å². The molecule has 0 aliphatic carbocycles. The van der Waals surface area contributed by atoms with Crippen molar-refractivity contribution in [3.05, 3.63) is 59.4 Å². The first kappa shape index (κ1) is 19.8. The molecular weight excluding hydrogens is 399 g/mol. The zero-order valence-electron chi connectivity index (χ0n) is 15.7. The van der Waals surface area contributed by atoms with E-state index in [2.05, 4.69) is 15.6 Å². The number of alkyl carbamates (subject to hydrolysis) is 1. The summed E-state index contributed by atoms with van der Waals surface area (Å²) in [5, 5.41) is 5.39. The number of H-pyrrole nitrogens is 1. The molecule has 2 heterocycles. The Morgan fingerprint density at radius 2 is 1.90 bits per heavy atom. The van der Waals surface area contributed by atoms with Gasteiger partial charge in [0.2, 0.25) is 5.91 Å². The van der Waals surface area contributed by atoms with Gasteiger partial charge in [0.25, 0.3) is 0 Å². The van der Waals surface area contributed by atoms with E-state index >= 15 is 0 Å². The summed E-state index contributed by atoms with van der Waals surface area (Å²) in [5.41, 5.74) is 1.70. The first-order valence-electron chi connectivity index (χ1n) is 9.39. The standard InChI is InChI=1S/C21H18F3N3O3/c22-12-3-1-11(2-4-12)18-14(15-9-13(23)10-16(24)19(15)27-18)6-8-30-21(29)26-17-5-7-25-20(17)28/h1-4,9-10,17,27H,5-8H2,(H,25,28)(H,26,29)/t17-/m1/s1. The maximum atomic E-state index is 14.3. The second-order valence-corrected chi connectivity index (χ2v) is 6.96. The van der Waals surface area contributed by atoms with Crippen LogP contribution in [-0.4, -0.2) is 36.2 Å². The number of amides is 2. The lowest BCUT2D eigenvalue weighted by Crippen LogP contribution is -2.40. The molecule has 156 valence electrons. The van der Waals surface area contributed by atoms with Crippen molar-refractivity contribution in [3.8, 4) is 11.3 Å². The van der Waals surface area contributed by atoms with Crippen LogP contribution in [0.25, 0.3) is 22.2 Å². The van der Waals surface area contributed by atoms with Gasteiger partial charge in [0, 0.05) is 30.1 Å². The van der Waals surface area contributed by atoms with Crippen LogP contribution in [0.5, 0.6) is 0 Å². The predicted molar refractivity (Wildman–Crippen MR) is 103 cm³/mol. The van der Waals surface area contributed by atoms with E-state index < -0.39 is 29.6 Å². The van der Waals surface area contributed by atoms with Crippen LogP contribution < -0.4 is 10.6 Å².